The summed E-state index contributed by atoms with van der Waals surface area (Å²) < 4.78 is 5.48. The Labute approximate surface area is 204 Å². The largest absolute Gasteiger partial charge is 0.360 e. The number of hydrogen-bond acceptors (Lipinski definition) is 6. The number of aromatic nitrogens is 2. The van der Waals surface area contributed by atoms with Crippen LogP contribution in [-0.2, 0) is 16.1 Å². The maximum Gasteiger partial charge on any atom is 0.243 e. The predicted octanol–water partition coefficient (Wildman–Crippen LogP) is 4.85. The molecule has 2 atom stereocenters. The van der Waals surface area contributed by atoms with E-state index in [2.05, 4.69) is 27.6 Å². The van der Waals surface area contributed by atoms with E-state index < -0.39 is 12.0 Å². The maximum atomic E-state index is 13.6. The van der Waals surface area contributed by atoms with Crippen LogP contribution in [0.25, 0.3) is 10.4 Å². The highest BCUT2D eigenvalue weighted by Gasteiger charge is 2.43. The van der Waals surface area contributed by atoms with E-state index in [-0.39, 0.29) is 17.2 Å². The van der Waals surface area contributed by atoms with E-state index in [4.69, 9.17) is 4.52 Å². The van der Waals surface area contributed by atoms with Gasteiger partial charge in [0, 0.05) is 19.2 Å². The lowest BCUT2D eigenvalue weighted by molar-refractivity contribution is -0.142. The van der Waals surface area contributed by atoms with Gasteiger partial charge in [0.2, 0.25) is 11.8 Å². The van der Waals surface area contributed by atoms with Gasteiger partial charge in [0.25, 0.3) is 0 Å². The van der Waals surface area contributed by atoms with Crippen molar-refractivity contribution in [3.05, 3.63) is 58.6 Å². The first-order chi connectivity index (χ1) is 16.1. The standard InChI is InChI=1S/C26H32N4O3S/c1-16-13-21(33-29-16)22(26(3,4)5)25(32)30-12-6-7-20(30)24(31)27-14-18-8-10-19(11-9-18)23-17(2)28-15-34-23/h8-11,13,15,20,22H,6-7,12,14H2,1-5H3,(H,27,31)/t20-,22+/m0/s1. The molecule has 180 valence electrons. The number of carbonyl (C=O) groups excluding carboxylic acids is 2. The summed E-state index contributed by atoms with van der Waals surface area (Å²) in [7, 11) is 0. The third-order valence-corrected chi connectivity index (χ3v) is 7.29. The second kappa shape index (κ2) is 9.70. The van der Waals surface area contributed by atoms with Gasteiger partial charge in [-0.15, -0.1) is 11.3 Å². The molecular weight excluding hydrogens is 448 g/mol. The number of likely N-dealkylation sites (tertiary alicyclic amines) is 1. The fourth-order valence-electron chi connectivity index (χ4n) is 4.57. The lowest BCUT2D eigenvalue weighted by atomic mass is 9.78. The number of amides is 2. The van der Waals surface area contributed by atoms with Gasteiger partial charge in [-0.3, -0.25) is 9.59 Å². The maximum absolute atomic E-state index is 13.6. The minimum atomic E-state index is -0.496. The highest BCUT2D eigenvalue weighted by Crippen LogP contribution is 2.38. The summed E-state index contributed by atoms with van der Waals surface area (Å²) in [4.78, 5) is 33.9. The molecule has 3 aromatic rings. The molecule has 2 amide bonds. The van der Waals surface area contributed by atoms with Gasteiger partial charge in [-0.05, 0) is 43.2 Å². The first-order valence-corrected chi connectivity index (χ1v) is 12.5. The molecule has 7 nitrogen and oxygen atoms in total. The van der Waals surface area contributed by atoms with E-state index in [1.165, 1.54) is 0 Å². The van der Waals surface area contributed by atoms with Gasteiger partial charge < -0.3 is 14.7 Å². The molecule has 8 heteroatoms. The zero-order valence-corrected chi connectivity index (χ0v) is 21.2. The van der Waals surface area contributed by atoms with E-state index >= 15 is 0 Å². The fourth-order valence-corrected chi connectivity index (χ4v) is 5.38. The van der Waals surface area contributed by atoms with Crippen molar-refractivity contribution in [2.45, 2.75) is 66.0 Å². The number of rotatable bonds is 6. The zero-order valence-electron chi connectivity index (χ0n) is 20.4. The molecule has 1 aliphatic rings. The molecule has 0 aliphatic carbocycles. The number of benzene rings is 1. The minimum absolute atomic E-state index is 0.0782. The van der Waals surface area contributed by atoms with Crippen molar-refractivity contribution in [2.75, 3.05) is 6.54 Å². The van der Waals surface area contributed by atoms with E-state index in [1.807, 2.05) is 58.3 Å². The molecule has 0 spiro atoms. The van der Waals surface area contributed by atoms with Crippen LogP contribution in [0.2, 0.25) is 0 Å². The Morgan fingerprint density at radius 1 is 1.24 bits per heavy atom. The summed E-state index contributed by atoms with van der Waals surface area (Å²) in [5.74, 6) is -0.137. The highest BCUT2D eigenvalue weighted by molar-refractivity contribution is 7.13. The van der Waals surface area contributed by atoms with Crippen molar-refractivity contribution in [2.24, 2.45) is 5.41 Å². The van der Waals surface area contributed by atoms with Gasteiger partial charge in [-0.1, -0.05) is 50.2 Å². The van der Waals surface area contributed by atoms with Gasteiger partial charge in [0.05, 0.1) is 21.8 Å². The zero-order chi connectivity index (χ0) is 24.5. The number of carbonyl (C=O) groups is 2. The Morgan fingerprint density at radius 2 is 1.97 bits per heavy atom. The highest BCUT2D eigenvalue weighted by atomic mass is 32.1. The average Bonchev–Trinajstić information content (AvgIpc) is 3.53. The van der Waals surface area contributed by atoms with Crippen LogP contribution in [0.3, 0.4) is 0 Å². The SMILES string of the molecule is Cc1cc([C@H](C(=O)N2CCC[C@H]2C(=O)NCc2ccc(-c3scnc3C)cc2)C(C)(C)C)on1. The first kappa shape index (κ1) is 24.1. The number of hydrogen-bond donors (Lipinski definition) is 1. The van der Waals surface area contributed by atoms with Crippen LogP contribution in [0.4, 0.5) is 0 Å². The Morgan fingerprint density at radius 3 is 2.56 bits per heavy atom. The Balaban J connectivity index is 1.43. The Kier molecular flexibility index (Phi) is 6.89. The lowest BCUT2D eigenvalue weighted by Crippen LogP contribution is -2.48. The van der Waals surface area contributed by atoms with Crippen molar-refractivity contribution in [1.29, 1.82) is 0 Å². The summed E-state index contributed by atoms with van der Waals surface area (Å²) in [6.45, 7) is 10.9. The van der Waals surface area contributed by atoms with Crippen LogP contribution in [0, 0.1) is 19.3 Å². The molecule has 1 N–H and O–H groups in total. The summed E-state index contributed by atoms with van der Waals surface area (Å²) >= 11 is 1.62. The van der Waals surface area contributed by atoms with Gasteiger partial charge in [-0.25, -0.2) is 4.98 Å². The molecular formula is C26H32N4O3S. The van der Waals surface area contributed by atoms with Gasteiger partial charge >= 0.3 is 0 Å². The van der Waals surface area contributed by atoms with Crippen molar-refractivity contribution in [3.63, 3.8) is 0 Å². The summed E-state index contributed by atoms with van der Waals surface area (Å²) in [5.41, 5.74) is 5.38. The molecule has 1 fully saturated rings. The molecule has 2 aromatic heterocycles. The third kappa shape index (κ3) is 5.06. The fraction of sp³-hybridized carbons (Fsp3) is 0.462. The predicted molar refractivity (Wildman–Crippen MR) is 132 cm³/mol. The molecule has 0 bridgehead atoms. The second-order valence-electron chi connectivity index (χ2n) is 10.0. The number of aryl methyl sites for hydroxylation is 2. The minimum Gasteiger partial charge on any atom is -0.360 e. The van der Waals surface area contributed by atoms with Crippen molar-refractivity contribution in [1.82, 2.24) is 20.4 Å². The van der Waals surface area contributed by atoms with Crippen molar-refractivity contribution >= 4 is 23.2 Å². The van der Waals surface area contributed by atoms with Gasteiger partial charge in [0.1, 0.15) is 17.7 Å². The van der Waals surface area contributed by atoms with Gasteiger partial charge in [0.15, 0.2) is 0 Å². The monoisotopic (exact) mass is 480 g/mol. The van der Waals surface area contributed by atoms with Crippen LogP contribution in [-0.4, -0.2) is 39.4 Å². The topological polar surface area (TPSA) is 88.3 Å². The molecule has 3 heterocycles. The molecule has 4 rings (SSSR count). The molecule has 34 heavy (non-hydrogen) atoms. The van der Waals surface area contributed by atoms with Crippen LogP contribution in [0.1, 0.15) is 62.2 Å². The van der Waals surface area contributed by atoms with Crippen LogP contribution < -0.4 is 5.32 Å². The summed E-state index contributed by atoms with van der Waals surface area (Å²) in [6.07, 6.45) is 1.46. The molecule has 1 aromatic carbocycles. The quantitative estimate of drug-likeness (QED) is 0.545. The number of nitrogens with zero attached hydrogens (tertiary/aromatic N) is 3. The molecule has 0 unspecified atom stereocenters. The molecule has 1 saturated heterocycles. The third-order valence-electron chi connectivity index (χ3n) is 6.31. The first-order valence-electron chi connectivity index (χ1n) is 11.7. The number of thiazole rings is 1. The van der Waals surface area contributed by atoms with E-state index in [0.717, 1.165) is 33.8 Å². The van der Waals surface area contributed by atoms with Crippen LogP contribution in [0.5, 0.6) is 0 Å². The Hall–Kier alpha value is -3.00. The average molecular weight is 481 g/mol. The molecule has 0 saturated carbocycles. The summed E-state index contributed by atoms with van der Waals surface area (Å²) in [5, 5.41) is 7.01. The van der Waals surface area contributed by atoms with Crippen LogP contribution >= 0.6 is 11.3 Å². The smallest absolute Gasteiger partial charge is 0.243 e. The lowest BCUT2D eigenvalue weighted by Gasteiger charge is -2.33. The van der Waals surface area contributed by atoms with Crippen LogP contribution in [0.15, 0.2) is 40.4 Å². The van der Waals surface area contributed by atoms with E-state index in [0.29, 0.717) is 25.3 Å². The second-order valence-corrected chi connectivity index (χ2v) is 10.9. The van der Waals surface area contributed by atoms with Gasteiger partial charge in [-0.2, -0.15) is 0 Å². The van der Waals surface area contributed by atoms with E-state index in [1.54, 1.807) is 16.2 Å². The molecule has 1 aliphatic heterocycles. The Bertz CT molecular complexity index is 1160. The van der Waals surface area contributed by atoms with Crippen molar-refractivity contribution < 1.29 is 14.1 Å². The number of nitrogens with one attached hydrogen (secondary N) is 1. The summed E-state index contributed by atoms with van der Waals surface area (Å²) in [6, 6.07) is 9.50. The van der Waals surface area contributed by atoms with Crippen molar-refractivity contribution in [3.8, 4) is 10.4 Å². The molecule has 0 radical (unpaired) electrons. The van der Waals surface area contributed by atoms with E-state index in [9.17, 15) is 9.59 Å². The normalized spacial score (nSPS) is 17.1.